The molecule has 0 radical (unpaired) electrons. The third-order valence-corrected chi connectivity index (χ3v) is 1.42. The van der Waals surface area contributed by atoms with E-state index in [4.69, 9.17) is 20.4 Å². The van der Waals surface area contributed by atoms with Crippen LogP contribution in [0.5, 0.6) is 0 Å². The summed E-state index contributed by atoms with van der Waals surface area (Å²) in [6.07, 6.45) is 0.528. The first-order chi connectivity index (χ1) is 8.13. The molecule has 0 atom stereocenters. The van der Waals surface area contributed by atoms with Crippen LogP contribution in [0.15, 0.2) is 23.8 Å². The number of carboxylic acids is 4. The average molecular weight is 260 g/mol. The van der Waals surface area contributed by atoms with Gasteiger partial charge in [-0.05, 0) is 6.92 Å². The van der Waals surface area contributed by atoms with Crippen molar-refractivity contribution in [3.63, 3.8) is 0 Å². The first kappa shape index (κ1) is 17.7. The van der Waals surface area contributed by atoms with Gasteiger partial charge in [-0.3, -0.25) is 4.79 Å². The summed E-state index contributed by atoms with van der Waals surface area (Å²) in [5.41, 5.74) is -0.905. The summed E-state index contributed by atoms with van der Waals surface area (Å²) < 4.78 is 0. The van der Waals surface area contributed by atoms with Crippen LogP contribution in [0.2, 0.25) is 0 Å². The van der Waals surface area contributed by atoms with Crippen LogP contribution in [0.1, 0.15) is 13.3 Å². The van der Waals surface area contributed by atoms with Crippen LogP contribution in [0.4, 0.5) is 0 Å². The van der Waals surface area contributed by atoms with E-state index in [1.54, 1.807) is 0 Å². The van der Waals surface area contributed by atoms with E-state index in [-0.39, 0.29) is 5.57 Å². The fourth-order valence-corrected chi connectivity index (χ4v) is 0.597. The van der Waals surface area contributed by atoms with Crippen molar-refractivity contribution in [3.8, 4) is 0 Å². The second-order valence-electron chi connectivity index (χ2n) is 2.79. The van der Waals surface area contributed by atoms with Crippen molar-refractivity contribution in [3.05, 3.63) is 23.8 Å². The molecular weight excluding hydrogens is 248 g/mol. The molecular formula is C10H12O8. The Kier molecular flexibility index (Phi) is 8.38. The Hall–Kier alpha value is -2.64. The molecule has 0 spiro atoms. The molecule has 0 aliphatic heterocycles. The zero-order valence-electron chi connectivity index (χ0n) is 9.41. The molecule has 0 saturated carbocycles. The molecule has 0 amide bonds. The smallest absolute Gasteiger partial charge is 0.342 e. The van der Waals surface area contributed by atoms with Gasteiger partial charge in [0.15, 0.2) is 0 Å². The summed E-state index contributed by atoms with van der Waals surface area (Å²) in [5.74, 6) is -5.27. The lowest BCUT2D eigenvalue weighted by Gasteiger charge is -1.91. The largest absolute Gasteiger partial charge is 0.481 e. The number of aliphatic carboxylic acids is 4. The van der Waals surface area contributed by atoms with E-state index in [9.17, 15) is 19.2 Å². The van der Waals surface area contributed by atoms with Crippen molar-refractivity contribution >= 4 is 23.9 Å². The van der Waals surface area contributed by atoms with Gasteiger partial charge in [0, 0.05) is 5.57 Å². The van der Waals surface area contributed by atoms with E-state index in [1.807, 2.05) is 0 Å². The number of hydrogen-bond donors (Lipinski definition) is 4. The Morgan fingerprint density at radius 1 is 0.944 bits per heavy atom. The van der Waals surface area contributed by atoms with Gasteiger partial charge >= 0.3 is 23.9 Å². The van der Waals surface area contributed by atoms with E-state index in [0.717, 1.165) is 6.08 Å². The molecule has 8 heteroatoms. The summed E-state index contributed by atoms with van der Waals surface area (Å²) in [5, 5.41) is 32.3. The molecule has 0 bridgehead atoms. The van der Waals surface area contributed by atoms with Gasteiger partial charge in [0.05, 0.1) is 6.42 Å². The maximum atomic E-state index is 9.92. The standard InChI is InChI=1S/2C5H6O4/c1-3(5(8)9)2-4(6)7;1-2-3(4(6)7)5(8)9/h1-2H2,(H,6,7)(H,8,9);2H,1H3,(H,6,7)(H,8,9). The molecule has 0 saturated heterocycles. The SMILES string of the molecule is C=C(CC(=O)O)C(=O)O.CC=C(C(=O)O)C(=O)O. The minimum absolute atomic E-state index is 0.303. The van der Waals surface area contributed by atoms with Crippen LogP contribution >= 0.6 is 0 Å². The summed E-state index contributed by atoms with van der Waals surface area (Å²) in [6.45, 7) is 4.37. The molecule has 0 fully saturated rings. The molecule has 18 heavy (non-hydrogen) atoms. The zero-order chi connectivity index (χ0) is 14.9. The van der Waals surface area contributed by atoms with Crippen LogP contribution < -0.4 is 0 Å². The quantitative estimate of drug-likeness (QED) is 0.311. The van der Waals surface area contributed by atoms with Gasteiger partial charge in [-0.15, -0.1) is 0 Å². The first-order valence-corrected chi connectivity index (χ1v) is 4.39. The second-order valence-corrected chi connectivity index (χ2v) is 2.79. The van der Waals surface area contributed by atoms with E-state index in [0.29, 0.717) is 0 Å². The van der Waals surface area contributed by atoms with Crippen molar-refractivity contribution in [1.29, 1.82) is 0 Å². The third-order valence-electron chi connectivity index (χ3n) is 1.42. The normalized spacial score (nSPS) is 8.28. The van der Waals surface area contributed by atoms with E-state index in [1.165, 1.54) is 6.92 Å². The van der Waals surface area contributed by atoms with E-state index >= 15 is 0 Å². The number of allylic oxidation sites excluding steroid dienone is 1. The predicted molar refractivity (Wildman–Crippen MR) is 58.1 cm³/mol. The first-order valence-electron chi connectivity index (χ1n) is 4.39. The molecule has 8 nitrogen and oxygen atoms in total. The third kappa shape index (κ3) is 8.65. The Morgan fingerprint density at radius 3 is 1.39 bits per heavy atom. The fourth-order valence-electron chi connectivity index (χ4n) is 0.597. The maximum Gasteiger partial charge on any atom is 0.342 e. The van der Waals surface area contributed by atoms with Gasteiger partial charge in [-0.25, -0.2) is 14.4 Å². The molecule has 0 rings (SSSR count). The van der Waals surface area contributed by atoms with E-state index in [2.05, 4.69) is 6.58 Å². The maximum absolute atomic E-state index is 9.92. The van der Waals surface area contributed by atoms with Crippen LogP contribution in [0, 0.1) is 0 Å². The van der Waals surface area contributed by atoms with Crippen molar-refractivity contribution in [2.24, 2.45) is 0 Å². The number of carbonyl (C=O) groups is 4. The van der Waals surface area contributed by atoms with E-state index < -0.39 is 35.9 Å². The summed E-state index contributed by atoms with van der Waals surface area (Å²) in [4.78, 5) is 39.5. The predicted octanol–water partition coefficient (Wildman–Crippen LogP) is 0.204. The molecule has 0 heterocycles. The Balaban J connectivity index is 0. The van der Waals surface area contributed by atoms with Gasteiger partial charge in [0.25, 0.3) is 0 Å². The molecule has 0 unspecified atom stereocenters. The van der Waals surface area contributed by atoms with Crippen LogP contribution in [0.25, 0.3) is 0 Å². The number of rotatable bonds is 5. The van der Waals surface area contributed by atoms with Crippen molar-refractivity contribution in [1.82, 2.24) is 0 Å². The lowest BCUT2D eigenvalue weighted by atomic mass is 10.2. The lowest BCUT2D eigenvalue weighted by molar-refractivity contribution is -0.140. The molecule has 0 aromatic rings. The summed E-state index contributed by atoms with van der Waals surface area (Å²) in [7, 11) is 0. The van der Waals surface area contributed by atoms with Gasteiger partial charge < -0.3 is 20.4 Å². The summed E-state index contributed by atoms with van der Waals surface area (Å²) >= 11 is 0. The monoisotopic (exact) mass is 260 g/mol. The van der Waals surface area contributed by atoms with Crippen LogP contribution in [-0.4, -0.2) is 44.3 Å². The zero-order valence-corrected chi connectivity index (χ0v) is 9.41. The highest BCUT2D eigenvalue weighted by Crippen LogP contribution is 1.95. The van der Waals surface area contributed by atoms with Gasteiger partial charge in [-0.1, -0.05) is 12.7 Å². The summed E-state index contributed by atoms with van der Waals surface area (Å²) in [6, 6.07) is 0. The minimum atomic E-state index is -1.41. The van der Waals surface area contributed by atoms with Crippen molar-refractivity contribution < 1.29 is 39.6 Å². The Morgan fingerprint density at radius 2 is 1.33 bits per heavy atom. The van der Waals surface area contributed by atoms with Gasteiger partial charge in [-0.2, -0.15) is 0 Å². The fraction of sp³-hybridized carbons (Fsp3) is 0.200. The Bertz CT molecular complexity index is 388. The van der Waals surface area contributed by atoms with Crippen LogP contribution in [0.3, 0.4) is 0 Å². The lowest BCUT2D eigenvalue weighted by Crippen LogP contribution is -2.10. The van der Waals surface area contributed by atoms with Gasteiger partial charge in [0.1, 0.15) is 5.57 Å². The molecule has 0 aromatic heterocycles. The number of hydrogen-bond acceptors (Lipinski definition) is 4. The van der Waals surface area contributed by atoms with Crippen LogP contribution in [-0.2, 0) is 19.2 Å². The molecule has 0 aliphatic carbocycles. The molecule has 0 aromatic carbocycles. The molecule has 4 N–H and O–H groups in total. The topological polar surface area (TPSA) is 149 Å². The molecule has 100 valence electrons. The highest BCUT2D eigenvalue weighted by molar-refractivity contribution is 6.12. The Labute approximate surface area is 101 Å². The highest BCUT2D eigenvalue weighted by Gasteiger charge is 2.13. The number of carboxylic acid groups (broad SMARTS) is 4. The van der Waals surface area contributed by atoms with Gasteiger partial charge in [0.2, 0.25) is 0 Å². The molecule has 0 aliphatic rings. The minimum Gasteiger partial charge on any atom is -0.481 e. The highest BCUT2D eigenvalue weighted by atomic mass is 16.4. The van der Waals surface area contributed by atoms with Crippen molar-refractivity contribution in [2.75, 3.05) is 0 Å². The average Bonchev–Trinajstić information content (AvgIpc) is 2.16. The van der Waals surface area contributed by atoms with Crippen molar-refractivity contribution in [2.45, 2.75) is 13.3 Å². The second kappa shape index (κ2) is 8.50.